The highest BCUT2D eigenvalue weighted by Gasteiger charge is 2.15. The van der Waals surface area contributed by atoms with Gasteiger partial charge in [0, 0.05) is 17.9 Å². The Morgan fingerprint density at radius 3 is 2.50 bits per heavy atom. The first-order chi connectivity index (χ1) is 11.5. The van der Waals surface area contributed by atoms with Gasteiger partial charge < -0.3 is 10.1 Å². The van der Waals surface area contributed by atoms with Crippen LogP contribution in [0.5, 0.6) is 5.75 Å². The highest BCUT2D eigenvalue weighted by molar-refractivity contribution is 7.99. The zero-order chi connectivity index (χ0) is 17.5. The van der Waals surface area contributed by atoms with Crippen LogP contribution in [0.1, 0.15) is 18.1 Å². The van der Waals surface area contributed by atoms with Crippen molar-refractivity contribution in [3.05, 3.63) is 65.2 Å². The first-order valence-electron chi connectivity index (χ1n) is 7.45. The van der Waals surface area contributed by atoms with Crippen LogP contribution in [-0.4, -0.2) is 18.3 Å². The lowest BCUT2D eigenvalue weighted by atomic mass is 10.2. The molecule has 0 heterocycles. The number of halogens is 2. The third kappa shape index (κ3) is 5.23. The minimum absolute atomic E-state index is 0.125. The molecule has 1 unspecified atom stereocenters. The number of hydrogen-bond acceptors (Lipinski definition) is 3. The van der Waals surface area contributed by atoms with Gasteiger partial charge in [-0.05, 0) is 42.8 Å². The summed E-state index contributed by atoms with van der Waals surface area (Å²) in [7, 11) is 1.53. The Morgan fingerprint density at radius 1 is 1.17 bits per heavy atom. The summed E-state index contributed by atoms with van der Waals surface area (Å²) in [6.45, 7) is 2.13. The molecule has 2 aromatic carbocycles. The van der Waals surface area contributed by atoms with E-state index in [1.165, 1.54) is 43.1 Å². The van der Waals surface area contributed by atoms with E-state index in [-0.39, 0.29) is 22.8 Å². The van der Waals surface area contributed by atoms with E-state index in [2.05, 4.69) is 5.32 Å². The molecule has 0 aliphatic rings. The molecule has 2 aromatic rings. The first kappa shape index (κ1) is 18.3. The molecule has 6 heteroatoms. The SMILES string of the molecule is COc1ccc(F)cc1CSC(C)C(=O)NCc1ccc(F)cc1. The summed E-state index contributed by atoms with van der Waals surface area (Å²) in [5.74, 6) is 0.298. The number of ether oxygens (including phenoxy) is 1. The summed E-state index contributed by atoms with van der Waals surface area (Å²) in [5, 5.41) is 2.50. The van der Waals surface area contributed by atoms with E-state index >= 15 is 0 Å². The van der Waals surface area contributed by atoms with Gasteiger partial charge in [-0.15, -0.1) is 11.8 Å². The van der Waals surface area contributed by atoms with Crippen LogP contribution >= 0.6 is 11.8 Å². The van der Waals surface area contributed by atoms with E-state index in [1.54, 1.807) is 25.1 Å². The highest BCUT2D eigenvalue weighted by atomic mass is 32.2. The molecule has 0 radical (unpaired) electrons. The molecule has 0 spiro atoms. The molecule has 1 N–H and O–H groups in total. The van der Waals surface area contributed by atoms with Crippen LogP contribution in [0.15, 0.2) is 42.5 Å². The third-order valence-corrected chi connectivity index (χ3v) is 4.67. The third-order valence-electron chi connectivity index (χ3n) is 3.48. The molecular weight excluding hydrogens is 332 g/mol. The van der Waals surface area contributed by atoms with Crippen molar-refractivity contribution in [3.8, 4) is 5.75 Å². The van der Waals surface area contributed by atoms with Crippen LogP contribution in [-0.2, 0) is 17.1 Å². The topological polar surface area (TPSA) is 38.3 Å². The molecule has 1 amide bonds. The lowest BCUT2D eigenvalue weighted by Gasteiger charge is -2.13. The number of carbonyl (C=O) groups excluding carboxylic acids is 1. The number of hydrogen-bond donors (Lipinski definition) is 1. The second kappa shape index (κ2) is 8.68. The maximum absolute atomic E-state index is 13.3. The summed E-state index contributed by atoms with van der Waals surface area (Å²) in [5.41, 5.74) is 1.54. The Labute approximate surface area is 144 Å². The van der Waals surface area contributed by atoms with E-state index < -0.39 is 0 Å². The Hall–Kier alpha value is -2.08. The highest BCUT2D eigenvalue weighted by Crippen LogP contribution is 2.26. The molecule has 128 valence electrons. The standard InChI is InChI=1S/C18H19F2NO2S/c1-12(18(22)21-10-13-3-5-15(19)6-4-13)24-11-14-9-16(20)7-8-17(14)23-2/h3-9,12H,10-11H2,1-2H3,(H,21,22). The number of rotatable bonds is 7. The van der Waals surface area contributed by atoms with Crippen LogP contribution in [0, 0.1) is 11.6 Å². The van der Waals surface area contributed by atoms with Crippen LogP contribution in [0.2, 0.25) is 0 Å². The largest absolute Gasteiger partial charge is 0.496 e. The van der Waals surface area contributed by atoms with Gasteiger partial charge in [0.1, 0.15) is 17.4 Å². The molecular formula is C18H19F2NO2S. The van der Waals surface area contributed by atoms with Gasteiger partial charge in [0.05, 0.1) is 12.4 Å². The summed E-state index contributed by atoms with van der Waals surface area (Å²) in [6.07, 6.45) is 0. The summed E-state index contributed by atoms with van der Waals surface area (Å²) >= 11 is 1.39. The fourth-order valence-corrected chi connectivity index (χ4v) is 2.98. The maximum Gasteiger partial charge on any atom is 0.233 e. The molecule has 1 atom stereocenters. The fourth-order valence-electron chi connectivity index (χ4n) is 2.09. The monoisotopic (exact) mass is 351 g/mol. The van der Waals surface area contributed by atoms with Crippen LogP contribution in [0.3, 0.4) is 0 Å². The molecule has 0 saturated heterocycles. The van der Waals surface area contributed by atoms with Gasteiger partial charge >= 0.3 is 0 Å². The van der Waals surface area contributed by atoms with Crippen molar-refractivity contribution >= 4 is 17.7 Å². The number of amides is 1. The summed E-state index contributed by atoms with van der Waals surface area (Å²) in [6, 6.07) is 10.3. The van der Waals surface area contributed by atoms with Crippen molar-refractivity contribution in [2.75, 3.05) is 7.11 Å². The van der Waals surface area contributed by atoms with E-state index in [0.29, 0.717) is 23.6 Å². The Morgan fingerprint density at radius 2 is 1.83 bits per heavy atom. The van der Waals surface area contributed by atoms with E-state index in [0.717, 1.165) is 5.56 Å². The summed E-state index contributed by atoms with van der Waals surface area (Å²) < 4.78 is 31.4. The number of nitrogens with one attached hydrogen (secondary N) is 1. The molecule has 3 nitrogen and oxygen atoms in total. The molecule has 0 aliphatic carbocycles. The lowest BCUT2D eigenvalue weighted by Crippen LogP contribution is -2.30. The quantitative estimate of drug-likeness (QED) is 0.822. The predicted octanol–water partition coefficient (Wildman–Crippen LogP) is 3.91. The van der Waals surface area contributed by atoms with Crippen LogP contribution < -0.4 is 10.1 Å². The number of thioether (sulfide) groups is 1. The minimum atomic E-state index is -0.334. The van der Waals surface area contributed by atoms with Crippen molar-refractivity contribution in [2.45, 2.75) is 24.5 Å². The number of methoxy groups -OCH3 is 1. The smallest absolute Gasteiger partial charge is 0.233 e. The van der Waals surface area contributed by atoms with E-state index in [4.69, 9.17) is 4.74 Å². The Balaban J connectivity index is 1.85. The number of carbonyl (C=O) groups is 1. The van der Waals surface area contributed by atoms with Gasteiger partial charge in [-0.25, -0.2) is 8.78 Å². The van der Waals surface area contributed by atoms with Gasteiger partial charge in [-0.1, -0.05) is 12.1 Å². The van der Waals surface area contributed by atoms with Gasteiger partial charge in [0.15, 0.2) is 0 Å². The molecule has 24 heavy (non-hydrogen) atoms. The molecule has 2 rings (SSSR count). The normalized spacial score (nSPS) is 11.8. The molecule has 0 fully saturated rings. The van der Waals surface area contributed by atoms with Crippen LogP contribution in [0.25, 0.3) is 0 Å². The molecule has 0 aromatic heterocycles. The van der Waals surface area contributed by atoms with Crippen molar-refractivity contribution in [2.24, 2.45) is 0 Å². The van der Waals surface area contributed by atoms with Gasteiger partial charge in [0.2, 0.25) is 5.91 Å². The van der Waals surface area contributed by atoms with Gasteiger partial charge in [-0.3, -0.25) is 4.79 Å². The minimum Gasteiger partial charge on any atom is -0.496 e. The van der Waals surface area contributed by atoms with Crippen molar-refractivity contribution < 1.29 is 18.3 Å². The molecule has 0 bridgehead atoms. The predicted molar refractivity (Wildman–Crippen MR) is 92.0 cm³/mol. The van der Waals surface area contributed by atoms with E-state index in [1.807, 2.05) is 0 Å². The van der Waals surface area contributed by atoms with Gasteiger partial charge in [-0.2, -0.15) is 0 Å². The second-order valence-electron chi connectivity index (χ2n) is 5.25. The molecule has 0 aliphatic heterocycles. The fraction of sp³-hybridized carbons (Fsp3) is 0.278. The molecule has 0 saturated carbocycles. The lowest BCUT2D eigenvalue weighted by molar-refractivity contribution is -0.120. The van der Waals surface area contributed by atoms with Crippen molar-refractivity contribution in [3.63, 3.8) is 0 Å². The van der Waals surface area contributed by atoms with Crippen molar-refractivity contribution in [1.29, 1.82) is 0 Å². The maximum atomic E-state index is 13.3. The number of benzene rings is 2. The zero-order valence-electron chi connectivity index (χ0n) is 13.5. The van der Waals surface area contributed by atoms with Crippen molar-refractivity contribution in [1.82, 2.24) is 5.32 Å². The average Bonchev–Trinajstić information content (AvgIpc) is 2.59. The van der Waals surface area contributed by atoms with E-state index in [9.17, 15) is 13.6 Å². The first-order valence-corrected chi connectivity index (χ1v) is 8.50. The summed E-state index contributed by atoms with van der Waals surface area (Å²) in [4.78, 5) is 12.1. The van der Waals surface area contributed by atoms with Crippen LogP contribution in [0.4, 0.5) is 8.78 Å². The average molecular weight is 351 g/mol. The zero-order valence-corrected chi connectivity index (χ0v) is 14.3. The van der Waals surface area contributed by atoms with Gasteiger partial charge in [0.25, 0.3) is 0 Å². The Kier molecular flexibility index (Phi) is 6.61. The second-order valence-corrected chi connectivity index (χ2v) is 6.58. The Bertz CT molecular complexity index is 692.